The summed E-state index contributed by atoms with van der Waals surface area (Å²) in [5.74, 6) is 0. The topological polar surface area (TPSA) is 35.8 Å². The molecule has 0 heterocycles. The van der Waals surface area contributed by atoms with E-state index in [4.69, 9.17) is 5.26 Å². The minimum atomic E-state index is 0.712. The molecule has 0 radical (unpaired) electrons. The third kappa shape index (κ3) is 10.6. The van der Waals surface area contributed by atoms with Crippen LogP contribution in [0.2, 0.25) is 0 Å². The molecule has 0 saturated heterocycles. The van der Waals surface area contributed by atoms with E-state index in [2.05, 4.69) is 30.5 Å². The van der Waals surface area contributed by atoms with Crippen molar-refractivity contribution in [1.82, 2.24) is 0 Å². The van der Waals surface area contributed by atoms with E-state index >= 15 is 0 Å². The Kier molecular flexibility index (Phi) is 11.6. The quantitative estimate of drug-likeness (QED) is 0.336. The normalized spacial score (nSPS) is 10.8. The van der Waals surface area contributed by atoms with E-state index in [1.54, 1.807) is 0 Å². The van der Waals surface area contributed by atoms with Crippen molar-refractivity contribution >= 4 is 5.69 Å². The molecule has 0 aliphatic heterocycles. The van der Waals surface area contributed by atoms with Gasteiger partial charge in [0.05, 0.1) is 11.6 Å². The lowest BCUT2D eigenvalue weighted by Crippen LogP contribution is -2.00. The van der Waals surface area contributed by atoms with Crippen molar-refractivity contribution in [3.05, 3.63) is 42.0 Å². The van der Waals surface area contributed by atoms with Gasteiger partial charge < -0.3 is 5.32 Å². The highest BCUT2D eigenvalue weighted by Gasteiger charge is 1.92. The summed E-state index contributed by atoms with van der Waals surface area (Å²) in [5, 5.41) is 12.1. The average molecular weight is 313 g/mol. The van der Waals surface area contributed by atoms with E-state index in [1.165, 1.54) is 51.4 Å². The Bertz CT molecular complexity index is 454. The van der Waals surface area contributed by atoms with Crippen LogP contribution in [-0.4, -0.2) is 6.54 Å². The fourth-order valence-corrected chi connectivity index (χ4v) is 2.57. The lowest BCUT2D eigenvalue weighted by atomic mass is 10.1. The van der Waals surface area contributed by atoms with E-state index in [1.807, 2.05) is 24.3 Å². The highest BCUT2D eigenvalue weighted by molar-refractivity contribution is 5.46. The van der Waals surface area contributed by atoms with Gasteiger partial charge >= 0.3 is 0 Å². The third-order valence-electron chi connectivity index (χ3n) is 4.03. The Morgan fingerprint density at radius 1 is 0.870 bits per heavy atom. The SMILES string of the molecule is CCCCCCCCC/C=C/CCCNc1ccc(C#N)cc1. The molecular weight excluding hydrogens is 280 g/mol. The molecule has 126 valence electrons. The van der Waals surface area contributed by atoms with Gasteiger partial charge in [0.25, 0.3) is 0 Å². The van der Waals surface area contributed by atoms with Crippen molar-refractivity contribution in [3.63, 3.8) is 0 Å². The van der Waals surface area contributed by atoms with Crippen LogP contribution in [0.1, 0.15) is 76.7 Å². The van der Waals surface area contributed by atoms with Crippen molar-refractivity contribution in [1.29, 1.82) is 5.26 Å². The molecule has 0 aliphatic rings. The van der Waals surface area contributed by atoms with Crippen LogP contribution in [0.4, 0.5) is 5.69 Å². The molecule has 1 aromatic rings. The fourth-order valence-electron chi connectivity index (χ4n) is 2.57. The minimum absolute atomic E-state index is 0.712. The van der Waals surface area contributed by atoms with Gasteiger partial charge in [0.2, 0.25) is 0 Å². The summed E-state index contributed by atoms with van der Waals surface area (Å²) >= 11 is 0. The number of nitrogens with zero attached hydrogens (tertiary/aromatic N) is 1. The van der Waals surface area contributed by atoms with E-state index < -0.39 is 0 Å². The van der Waals surface area contributed by atoms with E-state index in [0.717, 1.165) is 25.1 Å². The fraction of sp³-hybridized carbons (Fsp3) is 0.571. The van der Waals surface area contributed by atoms with Gasteiger partial charge in [0.15, 0.2) is 0 Å². The standard InChI is InChI=1S/C21H32N2/c1-2-3-4-5-6-7-8-9-10-11-12-13-18-23-21-16-14-20(19-22)15-17-21/h10-11,14-17,23H,2-9,12-13,18H2,1H3/b11-10+. The summed E-state index contributed by atoms with van der Waals surface area (Å²) in [6, 6.07) is 9.77. The number of allylic oxidation sites excluding steroid dienone is 2. The second-order valence-electron chi connectivity index (χ2n) is 6.14. The monoisotopic (exact) mass is 312 g/mol. The molecule has 1 rings (SSSR count). The van der Waals surface area contributed by atoms with Crippen LogP contribution < -0.4 is 5.32 Å². The van der Waals surface area contributed by atoms with Crippen molar-refractivity contribution in [2.24, 2.45) is 0 Å². The first-order valence-electron chi connectivity index (χ1n) is 9.26. The zero-order chi connectivity index (χ0) is 16.6. The van der Waals surface area contributed by atoms with Gasteiger partial charge in [-0.15, -0.1) is 0 Å². The lowest BCUT2D eigenvalue weighted by Gasteiger charge is -2.04. The molecule has 0 atom stereocenters. The average Bonchev–Trinajstić information content (AvgIpc) is 2.59. The summed E-state index contributed by atoms with van der Waals surface area (Å²) in [6.07, 6.45) is 17.9. The highest BCUT2D eigenvalue weighted by atomic mass is 14.9. The Balaban J connectivity index is 1.91. The molecule has 0 fully saturated rings. The van der Waals surface area contributed by atoms with Crippen LogP contribution >= 0.6 is 0 Å². The Hall–Kier alpha value is -1.75. The maximum atomic E-state index is 8.75. The summed E-state index contributed by atoms with van der Waals surface area (Å²) in [7, 11) is 0. The van der Waals surface area contributed by atoms with Crippen LogP contribution in [0.3, 0.4) is 0 Å². The molecule has 0 aromatic heterocycles. The predicted octanol–water partition coefficient (Wildman–Crippen LogP) is 6.45. The van der Waals surface area contributed by atoms with E-state index in [9.17, 15) is 0 Å². The summed E-state index contributed by atoms with van der Waals surface area (Å²) in [5.41, 5.74) is 1.81. The van der Waals surface area contributed by atoms with Crippen LogP contribution in [0.25, 0.3) is 0 Å². The Morgan fingerprint density at radius 2 is 1.48 bits per heavy atom. The van der Waals surface area contributed by atoms with Crippen LogP contribution in [0, 0.1) is 11.3 Å². The lowest BCUT2D eigenvalue weighted by molar-refractivity contribution is 0.592. The molecular formula is C21H32N2. The number of unbranched alkanes of at least 4 members (excludes halogenated alkanes) is 8. The van der Waals surface area contributed by atoms with Gasteiger partial charge in [-0.25, -0.2) is 0 Å². The number of hydrogen-bond donors (Lipinski definition) is 1. The summed E-state index contributed by atoms with van der Waals surface area (Å²) in [6.45, 7) is 3.25. The summed E-state index contributed by atoms with van der Waals surface area (Å²) in [4.78, 5) is 0. The highest BCUT2D eigenvalue weighted by Crippen LogP contribution is 2.10. The Labute approximate surface area is 142 Å². The van der Waals surface area contributed by atoms with Crippen LogP contribution in [-0.2, 0) is 0 Å². The molecule has 0 aliphatic carbocycles. The zero-order valence-corrected chi connectivity index (χ0v) is 14.7. The Morgan fingerprint density at radius 3 is 2.13 bits per heavy atom. The molecule has 0 unspecified atom stereocenters. The first-order valence-corrected chi connectivity index (χ1v) is 9.26. The number of nitriles is 1. The molecule has 1 aromatic carbocycles. The minimum Gasteiger partial charge on any atom is -0.385 e. The first-order chi connectivity index (χ1) is 11.4. The van der Waals surface area contributed by atoms with Gasteiger partial charge in [-0.05, 0) is 49.9 Å². The van der Waals surface area contributed by atoms with Gasteiger partial charge in [-0.2, -0.15) is 5.26 Å². The smallest absolute Gasteiger partial charge is 0.0991 e. The molecule has 0 amide bonds. The molecule has 0 spiro atoms. The molecule has 2 heteroatoms. The predicted molar refractivity (Wildman–Crippen MR) is 101 cm³/mol. The molecule has 0 saturated carbocycles. The third-order valence-corrected chi connectivity index (χ3v) is 4.03. The van der Waals surface area contributed by atoms with Crippen LogP contribution in [0.5, 0.6) is 0 Å². The van der Waals surface area contributed by atoms with Crippen molar-refractivity contribution in [3.8, 4) is 6.07 Å². The second-order valence-corrected chi connectivity index (χ2v) is 6.14. The van der Waals surface area contributed by atoms with Crippen molar-refractivity contribution in [2.45, 2.75) is 71.1 Å². The zero-order valence-electron chi connectivity index (χ0n) is 14.7. The largest absolute Gasteiger partial charge is 0.385 e. The van der Waals surface area contributed by atoms with Crippen molar-refractivity contribution < 1.29 is 0 Å². The summed E-state index contributed by atoms with van der Waals surface area (Å²) < 4.78 is 0. The molecule has 23 heavy (non-hydrogen) atoms. The number of rotatable bonds is 13. The molecule has 2 nitrogen and oxygen atoms in total. The molecule has 0 bridgehead atoms. The van der Waals surface area contributed by atoms with Gasteiger partial charge in [0.1, 0.15) is 0 Å². The maximum absolute atomic E-state index is 8.75. The number of benzene rings is 1. The van der Waals surface area contributed by atoms with Gasteiger partial charge in [-0.3, -0.25) is 0 Å². The first kappa shape index (κ1) is 19.3. The number of nitrogens with one attached hydrogen (secondary N) is 1. The molecule has 1 N–H and O–H groups in total. The van der Waals surface area contributed by atoms with Gasteiger partial charge in [0, 0.05) is 12.2 Å². The maximum Gasteiger partial charge on any atom is 0.0991 e. The van der Waals surface area contributed by atoms with E-state index in [-0.39, 0.29) is 0 Å². The van der Waals surface area contributed by atoms with Gasteiger partial charge in [-0.1, -0.05) is 57.6 Å². The second kappa shape index (κ2) is 13.9. The number of anilines is 1. The number of hydrogen-bond acceptors (Lipinski definition) is 2. The van der Waals surface area contributed by atoms with E-state index in [0.29, 0.717) is 5.56 Å². The van der Waals surface area contributed by atoms with Crippen LogP contribution in [0.15, 0.2) is 36.4 Å². The van der Waals surface area contributed by atoms with Crippen molar-refractivity contribution in [2.75, 3.05) is 11.9 Å².